The lowest BCUT2D eigenvalue weighted by Gasteiger charge is -2.28. The maximum absolute atomic E-state index is 12.8. The van der Waals surface area contributed by atoms with Gasteiger partial charge in [-0.05, 0) is 76.2 Å². The van der Waals surface area contributed by atoms with Gasteiger partial charge in [0.05, 0.1) is 10.2 Å². The summed E-state index contributed by atoms with van der Waals surface area (Å²) in [4.78, 5) is 26.2. The predicted octanol–water partition coefficient (Wildman–Crippen LogP) is 3.64. The van der Waals surface area contributed by atoms with E-state index in [0.29, 0.717) is 20.7 Å². The van der Waals surface area contributed by atoms with Crippen LogP contribution in [-0.4, -0.2) is 22.0 Å². The van der Waals surface area contributed by atoms with Gasteiger partial charge in [0.1, 0.15) is 11.3 Å². The van der Waals surface area contributed by atoms with Crippen LogP contribution in [0.4, 0.5) is 5.69 Å². The molecule has 0 saturated carbocycles. The number of carbonyl (C=O) groups is 2. The fourth-order valence-electron chi connectivity index (χ4n) is 2.26. The van der Waals surface area contributed by atoms with E-state index in [0.717, 1.165) is 0 Å². The Kier molecular flexibility index (Phi) is 4.89. The molecule has 0 atom stereocenters. The van der Waals surface area contributed by atoms with E-state index in [-0.39, 0.29) is 16.4 Å². The Hall–Kier alpha value is -2.22. The first-order valence-corrected chi connectivity index (χ1v) is 8.60. The fraction of sp³-hybridized carbons (Fsp3) is 0. The molecule has 1 heterocycles. The van der Waals surface area contributed by atoms with Gasteiger partial charge >= 0.3 is 0 Å². The second-order valence-corrected chi connectivity index (χ2v) is 6.82. The number of nitrogens with one attached hydrogen (secondary N) is 1. The lowest BCUT2D eigenvalue weighted by Crippen LogP contribution is -2.54. The summed E-state index contributed by atoms with van der Waals surface area (Å²) < 4.78 is 0.454. The maximum Gasteiger partial charge on any atom is 0.270 e. The molecule has 1 aliphatic heterocycles. The number of aromatic hydroxyl groups is 1. The molecule has 126 valence electrons. The number of phenols is 1. The fourth-order valence-corrected chi connectivity index (χ4v) is 3.07. The third-order valence-electron chi connectivity index (χ3n) is 3.47. The number of halogens is 2. The van der Waals surface area contributed by atoms with E-state index < -0.39 is 11.8 Å². The highest BCUT2D eigenvalue weighted by molar-refractivity contribution is 9.10. The van der Waals surface area contributed by atoms with Crippen molar-refractivity contribution in [2.75, 3.05) is 4.90 Å². The van der Waals surface area contributed by atoms with Crippen molar-refractivity contribution in [1.29, 1.82) is 0 Å². The summed E-state index contributed by atoms with van der Waals surface area (Å²) in [5.74, 6) is -1.06. The van der Waals surface area contributed by atoms with Crippen LogP contribution in [0, 0.1) is 0 Å². The van der Waals surface area contributed by atoms with Gasteiger partial charge in [-0.25, -0.2) is 0 Å². The van der Waals surface area contributed by atoms with E-state index in [1.165, 1.54) is 17.0 Å². The van der Waals surface area contributed by atoms with Crippen molar-refractivity contribution in [1.82, 2.24) is 5.32 Å². The number of nitrogens with zero attached hydrogens (tertiary/aromatic N) is 1. The topological polar surface area (TPSA) is 69.6 Å². The van der Waals surface area contributed by atoms with E-state index in [9.17, 15) is 14.7 Å². The molecule has 8 heteroatoms. The Balaban J connectivity index is 2.01. The van der Waals surface area contributed by atoms with Crippen LogP contribution < -0.4 is 10.2 Å². The maximum atomic E-state index is 12.8. The lowest BCUT2D eigenvalue weighted by atomic mass is 10.1. The molecule has 1 fully saturated rings. The first kappa shape index (κ1) is 17.6. The van der Waals surface area contributed by atoms with E-state index in [1.807, 2.05) is 0 Å². The molecule has 2 amide bonds. The Labute approximate surface area is 162 Å². The number of hydrogen-bond donors (Lipinski definition) is 2. The van der Waals surface area contributed by atoms with Crippen LogP contribution in [0.1, 0.15) is 5.56 Å². The van der Waals surface area contributed by atoms with Crippen LogP contribution in [0.3, 0.4) is 0 Å². The highest BCUT2D eigenvalue weighted by Crippen LogP contribution is 2.27. The number of hydrogen-bond acceptors (Lipinski definition) is 4. The van der Waals surface area contributed by atoms with Crippen LogP contribution in [0.2, 0.25) is 5.02 Å². The number of thiocarbonyl (C=S) groups is 1. The molecule has 2 aromatic rings. The van der Waals surface area contributed by atoms with Gasteiger partial charge < -0.3 is 5.11 Å². The van der Waals surface area contributed by atoms with E-state index >= 15 is 0 Å². The average Bonchev–Trinajstić information content (AvgIpc) is 2.56. The van der Waals surface area contributed by atoms with E-state index in [1.54, 1.807) is 36.4 Å². The number of amides is 2. The standard InChI is InChI=1S/C17H10BrClN2O3S/c18-13-8-9(1-6-14(13)22)7-12-15(23)20-17(25)21(16(12)24)11-4-2-10(19)3-5-11/h1-8,22H,(H,20,23,25)/b12-7-. The van der Waals surface area contributed by atoms with Crippen LogP contribution in [0.5, 0.6) is 5.75 Å². The summed E-state index contributed by atoms with van der Waals surface area (Å²) in [6.07, 6.45) is 1.44. The van der Waals surface area contributed by atoms with Crippen LogP contribution >= 0.6 is 39.7 Å². The van der Waals surface area contributed by atoms with Gasteiger partial charge in [-0.15, -0.1) is 0 Å². The third-order valence-corrected chi connectivity index (χ3v) is 4.64. The molecule has 0 radical (unpaired) electrons. The minimum atomic E-state index is -0.579. The molecule has 0 spiro atoms. The summed E-state index contributed by atoms with van der Waals surface area (Å²) in [7, 11) is 0. The van der Waals surface area contributed by atoms with Gasteiger partial charge in [-0.2, -0.15) is 0 Å². The zero-order valence-electron chi connectivity index (χ0n) is 12.5. The molecule has 5 nitrogen and oxygen atoms in total. The zero-order valence-corrected chi connectivity index (χ0v) is 15.7. The molecule has 1 saturated heterocycles. The van der Waals surface area contributed by atoms with Crippen molar-refractivity contribution in [2.24, 2.45) is 0 Å². The van der Waals surface area contributed by atoms with Crippen LogP contribution in [0.25, 0.3) is 6.08 Å². The van der Waals surface area contributed by atoms with Gasteiger partial charge in [0.2, 0.25) is 0 Å². The van der Waals surface area contributed by atoms with Gasteiger partial charge in [0, 0.05) is 5.02 Å². The monoisotopic (exact) mass is 436 g/mol. The van der Waals surface area contributed by atoms with E-state index in [2.05, 4.69) is 21.2 Å². The normalized spacial score (nSPS) is 16.3. The molecule has 25 heavy (non-hydrogen) atoms. The summed E-state index contributed by atoms with van der Waals surface area (Å²) in [6.45, 7) is 0. The molecule has 0 unspecified atom stereocenters. The third kappa shape index (κ3) is 3.58. The first-order valence-electron chi connectivity index (χ1n) is 7.02. The summed E-state index contributed by atoms with van der Waals surface area (Å²) in [5, 5.41) is 12.6. The van der Waals surface area contributed by atoms with Gasteiger partial charge in [-0.3, -0.25) is 19.8 Å². The highest BCUT2D eigenvalue weighted by atomic mass is 79.9. The average molecular weight is 438 g/mol. The summed E-state index contributed by atoms with van der Waals surface area (Å²) in [6, 6.07) is 11.2. The Morgan fingerprint density at radius 1 is 1.16 bits per heavy atom. The van der Waals surface area contributed by atoms with E-state index in [4.69, 9.17) is 23.8 Å². The number of benzene rings is 2. The second kappa shape index (κ2) is 6.95. The molecule has 0 bridgehead atoms. The van der Waals surface area contributed by atoms with Crippen LogP contribution in [-0.2, 0) is 9.59 Å². The zero-order chi connectivity index (χ0) is 18.1. The SMILES string of the molecule is O=C1NC(=S)N(c2ccc(Cl)cc2)C(=O)/C1=C\c1ccc(O)c(Br)c1. The van der Waals surface area contributed by atoms with Crippen molar-refractivity contribution < 1.29 is 14.7 Å². The summed E-state index contributed by atoms with van der Waals surface area (Å²) in [5.41, 5.74) is 1.00. The number of rotatable bonds is 2. The molecule has 0 aliphatic carbocycles. The molecule has 2 N–H and O–H groups in total. The number of phenolic OH excluding ortho intramolecular Hbond substituents is 1. The van der Waals surface area contributed by atoms with Gasteiger partial charge in [0.25, 0.3) is 11.8 Å². The first-order chi connectivity index (χ1) is 11.9. The van der Waals surface area contributed by atoms with Crippen molar-refractivity contribution in [3.63, 3.8) is 0 Å². The Bertz CT molecular complexity index is 928. The largest absolute Gasteiger partial charge is 0.507 e. The smallest absolute Gasteiger partial charge is 0.270 e. The van der Waals surface area contributed by atoms with Gasteiger partial charge in [0.15, 0.2) is 5.11 Å². The molecule has 2 aromatic carbocycles. The predicted molar refractivity (Wildman–Crippen MR) is 103 cm³/mol. The minimum Gasteiger partial charge on any atom is -0.507 e. The molecule has 1 aliphatic rings. The second-order valence-electron chi connectivity index (χ2n) is 5.15. The van der Waals surface area contributed by atoms with Crippen molar-refractivity contribution >= 4 is 68.4 Å². The molecular formula is C17H10BrClN2O3S. The minimum absolute atomic E-state index is 0.00126. The number of carbonyl (C=O) groups excluding carboxylic acids is 2. The van der Waals surface area contributed by atoms with Crippen molar-refractivity contribution in [3.05, 3.63) is 63.1 Å². The quantitative estimate of drug-likeness (QED) is 0.428. The Morgan fingerprint density at radius 3 is 2.48 bits per heavy atom. The summed E-state index contributed by atoms with van der Waals surface area (Å²) >= 11 is 14.2. The van der Waals surface area contributed by atoms with Crippen molar-refractivity contribution in [3.8, 4) is 5.75 Å². The lowest BCUT2D eigenvalue weighted by molar-refractivity contribution is -0.122. The van der Waals surface area contributed by atoms with Gasteiger partial charge in [-0.1, -0.05) is 17.7 Å². The highest BCUT2D eigenvalue weighted by Gasteiger charge is 2.34. The Morgan fingerprint density at radius 2 is 1.84 bits per heavy atom. The number of anilines is 1. The molecule has 0 aromatic heterocycles. The molecular weight excluding hydrogens is 428 g/mol. The van der Waals surface area contributed by atoms with Crippen LogP contribution in [0.15, 0.2) is 52.5 Å². The van der Waals surface area contributed by atoms with Crippen molar-refractivity contribution in [2.45, 2.75) is 0 Å². The molecule has 3 rings (SSSR count).